The number of amides is 1. The van der Waals surface area contributed by atoms with Crippen molar-refractivity contribution in [3.63, 3.8) is 0 Å². The maximum atomic E-state index is 11.6. The summed E-state index contributed by atoms with van der Waals surface area (Å²) in [7, 11) is 0. The minimum Gasteiger partial charge on any atom is -0.464 e. The summed E-state index contributed by atoms with van der Waals surface area (Å²) in [6.45, 7) is 3.62. The van der Waals surface area contributed by atoms with Gasteiger partial charge in [0.15, 0.2) is 5.82 Å². The van der Waals surface area contributed by atoms with Crippen molar-refractivity contribution in [2.45, 2.75) is 20.3 Å². The van der Waals surface area contributed by atoms with Crippen LogP contribution in [-0.2, 0) is 4.79 Å². The zero-order valence-corrected chi connectivity index (χ0v) is 11.6. The molecule has 6 heteroatoms. The third-order valence-electron chi connectivity index (χ3n) is 3.06. The zero-order chi connectivity index (χ0) is 15.4. The highest BCUT2D eigenvalue weighted by molar-refractivity contribution is 5.94. The third-order valence-corrected chi connectivity index (χ3v) is 3.06. The second kappa shape index (κ2) is 5.89. The van der Waals surface area contributed by atoms with Crippen LogP contribution in [0, 0.1) is 36.5 Å². The van der Waals surface area contributed by atoms with E-state index in [0.717, 1.165) is 5.56 Å². The SMILES string of the molecule is Cc1nc(NC(=O)CC#N)c(C#N)c(-c2ccco2)c1C. The molecule has 104 valence electrons. The van der Waals surface area contributed by atoms with Gasteiger partial charge in [-0.25, -0.2) is 4.98 Å². The van der Waals surface area contributed by atoms with Gasteiger partial charge in [0, 0.05) is 11.3 Å². The maximum absolute atomic E-state index is 11.6. The number of carbonyl (C=O) groups excluding carboxylic acids is 1. The average Bonchev–Trinajstić information content (AvgIpc) is 2.96. The first kappa shape index (κ1) is 14.3. The molecule has 0 aliphatic heterocycles. The largest absolute Gasteiger partial charge is 0.464 e. The van der Waals surface area contributed by atoms with Crippen molar-refractivity contribution in [1.29, 1.82) is 10.5 Å². The van der Waals surface area contributed by atoms with E-state index < -0.39 is 5.91 Å². The Labute approximate surface area is 121 Å². The molecule has 1 amide bonds. The Balaban J connectivity index is 2.61. The highest BCUT2D eigenvalue weighted by Crippen LogP contribution is 2.32. The molecule has 0 atom stereocenters. The topological polar surface area (TPSA) is 103 Å². The van der Waals surface area contributed by atoms with Crippen LogP contribution >= 0.6 is 0 Å². The number of pyridine rings is 1. The number of rotatable bonds is 3. The van der Waals surface area contributed by atoms with E-state index in [-0.39, 0.29) is 17.8 Å². The van der Waals surface area contributed by atoms with E-state index in [9.17, 15) is 10.1 Å². The zero-order valence-electron chi connectivity index (χ0n) is 11.6. The van der Waals surface area contributed by atoms with Crippen molar-refractivity contribution in [2.75, 3.05) is 5.32 Å². The molecule has 2 aromatic rings. The first-order valence-electron chi connectivity index (χ1n) is 6.20. The highest BCUT2D eigenvalue weighted by atomic mass is 16.3. The number of carbonyl (C=O) groups is 1. The Bertz CT molecular complexity index is 764. The fraction of sp³-hybridized carbons (Fsp3) is 0.200. The van der Waals surface area contributed by atoms with Gasteiger partial charge in [-0.2, -0.15) is 10.5 Å². The summed E-state index contributed by atoms with van der Waals surface area (Å²) in [6, 6.07) is 7.26. The summed E-state index contributed by atoms with van der Waals surface area (Å²) in [5.41, 5.74) is 2.30. The van der Waals surface area contributed by atoms with Crippen LogP contribution in [-0.4, -0.2) is 10.9 Å². The van der Waals surface area contributed by atoms with Crippen LogP contribution < -0.4 is 5.32 Å². The molecule has 0 bridgehead atoms. The lowest BCUT2D eigenvalue weighted by molar-refractivity contribution is -0.115. The molecule has 0 unspecified atom stereocenters. The minimum atomic E-state index is -0.504. The number of aryl methyl sites for hydroxylation is 1. The van der Waals surface area contributed by atoms with Crippen molar-refractivity contribution in [3.05, 3.63) is 35.2 Å². The van der Waals surface area contributed by atoms with E-state index >= 15 is 0 Å². The highest BCUT2D eigenvalue weighted by Gasteiger charge is 2.19. The number of furan rings is 1. The van der Waals surface area contributed by atoms with E-state index in [4.69, 9.17) is 9.68 Å². The van der Waals surface area contributed by atoms with Crippen LogP contribution in [0.3, 0.4) is 0 Å². The molecule has 0 aliphatic rings. The van der Waals surface area contributed by atoms with Crippen molar-refractivity contribution in [1.82, 2.24) is 4.98 Å². The molecule has 2 aromatic heterocycles. The number of nitriles is 2. The van der Waals surface area contributed by atoms with Crippen molar-refractivity contribution in [2.24, 2.45) is 0 Å². The summed E-state index contributed by atoms with van der Waals surface area (Å²) in [5, 5.41) is 20.4. The van der Waals surface area contributed by atoms with E-state index in [1.54, 1.807) is 25.1 Å². The van der Waals surface area contributed by atoms with Gasteiger partial charge in [0.2, 0.25) is 5.91 Å². The fourth-order valence-electron chi connectivity index (χ4n) is 1.97. The summed E-state index contributed by atoms with van der Waals surface area (Å²) >= 11 is 0. The average molecular weight is 280 g/mol. The predicted molar refractivity (Wildman–Crippen MR) is 75.0 cm³/mol. The molecule has 0 radical (unpaired) electrons. The van der Waals surface area contributed by atoms with Gasteiger partial charge in [0.05, 0.1) is 12.3 Å². The lowest BCUT2D eigenvalue weighted by Crippen LogP contribution is -2.14. The van der Waals surface area contributed by atoms with Crippen LogP contribution in [0.5, 0.6) is 0 Å². The number of hydrogen-bond donors (Lipinski definition) is 1. The summed E-state index contributed by atoms with van der Waals surface area (Å²) in [6.07, 6.45) is 1.22. The van der Waals surface area contributed by atoms with Crippen LogP contribution in [0.2, 0.25) is 0 Å². The number of nitrogens with one attached hydrogen (secondary N) is 1. The number of aromatic nitrogens is 1. The standard InChI is InChI=1S/C15H12N4O2/c1-9-10(2)18-15(19-13(20)5-6-16)11(8-17)14(9)12-4-3-7-21-12/h3-4,7H,5H2,1-2H3,(H,18,19,20). The normalized spacial score (nSPS) is 9.71. The lowest BCUT2D eigenvalue weighted by atomic mass is 10.00. The second-order valence-corrected chi connectivity index (χ2v) is 4.39. The van der Waals surface area contributed by atoms with Crippen molar-refractivity contribution < 1.29 is 9.21 Å². The number of anilines is 1. The van der Waals surface area contributed by atoms with Gasteiger partial charge in [0.1, 0.15) is 23.8 Å². The van der Waals surface area contributed by atoms with Gasteiger partial charge in [-0.05, 0) is 31.5 Å². The number of nitrogens with zero attached hydrogens (tertiary/aromatic N) is 3. The van der Waals surface area contributed by atoms with Gasteiger partial charge >= 0.3 is 0 Å². The summed E-state index contributed by atoms with van der Waals surface area (Å²) in [4.78, 5) is 15.8. The van der Waals surface area contributed by atoms with Crippen LogP contribution in [0.1, 0.15) is 23.2 Å². The van der Waals surface area contributed by atoms with Crippen LogP contribution in [0.4, 0.5) is 5.82 Å². The molecule has 0 saturated heterocycles. The molecule has 2 heterocycles. The first-order valence-corrected chi connectivity index (χ1v) is 6.20. The molecular weight excluding hydrogens is 268 g/mol. The van der Waals surface area contributed by atoms with Crippen molar-refractivity contribution in [3.8, 4) is 23.5 Å². The molecular formula is C15H12N4O2. The van der Waals surface area contributed by atoms with Gasteiger partial charge in [-0.15, -0.1) is 0 Å². The third kappa shape index (κ3) is 2.75. The van der Waals surface area contributed by atoms with E-state index in [1.165, 1.54) is 6.26 Å². The number of hydrogen-bond acceptors (Lipinski definition) is 5. The Morgan fingerprint density at radius 1 is 1.43 bits per heavy atom. The smallest absolute Gasteiger partial charge is 0.239 e. The maximum Gasteiger partial charge on any atom is 0.239 e. The van der Waals surface area contributed by atoms with E-state index in [2.05, 4.69) is 10.3 Å². The predicted octanol–water partition coefficient (Wildman–Crippen LogP) is 2.68. The minimum absolute atomic E-state index is 0.146. The molecule has 0 fully saturated rings. The Morgan fingerprint density at radius 2 is 2.19 bits per heavy atom. The Hall–Kier alpha value is -3.12. The molecule has 1 N–H and O–H groups in total. The van der Waals surface area contributed by atoms with Crippen LogP contribution in [0.15, 0.2) is 22.8 Å². The second-order valence-electron chi connectivity index (χ2n) is 4.39. The van der Waals surface area contributed by atoms with Crippen molar-refractivity contribution >= 4 is 11.7 Å². The summed E-state index contributed by atoms with van der Waals surface area (Å²) in [5.74, 6) is 0.174. The first-order chi connectivity index (χ1) is 10.1. The molecule has 0 saturated carbocycles. The molecule has 2 rings (SSSR count). The lowest BCUT2D eigenvalue weighted by Gasteiger charge is -2.13. The van der Waals surface area contributed by atoms with Gasteiger partial charge in [-0.3, -0.25) is 4.79 Å². The summed E-state index contributed by atoms with van der Waals surface area (Å²) < 4.78 is 5.36. The van der Waals surface area contributed by atoms with Gasteiger partial charge in [0.25, 0.3) is 0 Å². The van der Waals surface area contributed by atoms with E-state index in [0.29, 0.717) is 17.0 Å². The Morgan fingerprint density at radius 3 is 2.76 bits per heavy atom. The molecule has 6 nitrogen and oxygen atoms in total. The van der Waals surface area contributed by atoms with Gasteiger partial charge < -0.3 is 9.73 Å². The molecule has 0 spiro atoms. The van der Waals surface area contributed by atoms with E-state index in [1.807, 2.05) is 13.0 Å². The fourth-order valence-corrected chi connectivity index (χ4v) is 1.97. The monoisotopic (exact) mass is 280 g/mol. The molecule has 0 aliphatic carbocycles. The quantitative estimate of drug-likeness (QED) is 0.930. The molecule has 21 heavy (non-hydrogen) atoms. The van der Waals surface area contributed by atoms with Crippen LogP contribution in [0.25, 0.3) is 11.3 Å². The molecule has 0 aromatic carbocycles. The Kier molecular flexibility index (Phi) is 4.01. The van der Waals surface area contributed by atoms with Gasteiger partial charge in [-0.1, -0.05) is 0 Å².